The standard InChI is InChI=1S/C10H18Cl2N2/c1-8-7-14(5-3-13-8)4-2-9-6-10(9,11)12/h8-9,13H,2-7H2,1H3/t8-,9?/m0/s1. The lowest BCUT2D eigenvalue weighted by Gasteiger charge is -2.31. The van der Waals surface area contributed by atoms with E-state index in [9.17, 15) is 0 Å². The molecule has 0 aromatic heterocycles. The molecule has 1 heterocycles. The van der Waals surface area contributed by atoms with Crippen molar-refractivity contribution < 1.29 is 0 Å². The summed E-state index contributed by atoms with van der Waals surface area (Å²) in [5, 5.41) is 3.44. The fraction of sp³-hybridized carbons (Fsp3) is 1.00. The van der Waals surface area contributed by atoms with Gasteiger partial charge in [-0.3, -0.25) is 0 Å². The van der Waals surface area contributed by atoms with Crippen molar-refractivity contribution in [2.75, 3.05) is 26.2 Å². The monoisotopic (exact) mass is 236 g/mol. The van der Waals surface area contributed by atoms with Gasteiger partial charge in [-0.2, -0.15) is 0 Å². The molecule has 0 amide bonds. The molecule has 2 aliphatic rings. The quantitative estimate of drug-likeness (QED) is 0.754. The van der Waals surface area contributed by atoms with Gasteiger partial charge in [-0.25, -0.2) is 0 Å². The number of halogens is 2. The summed E-state index contributed by atoms with van der Waals surface area (Å²) in [5.74, 6) is 0.538. The molecule has 0 aromatic carbocycles. The molecule has 1 N–H and O–H groups in total. The number of nitrogens with zero attached hydrogens (tertiary/aromatic N) is 1. The molecule has 82 valence electrons. The second-order valence-electron chi connectivity index (χ2n) is 4.61. The molecule has 14 heavy (non-hydrogen) atoms. The van der Waals surface area contributed by atoms with E-state index in [2.05, 4.69) is 17.1 Å². The minimum Gasteiger partial charge on any atom is -0.312 e. The predicted molar refractivity (Wildman–Crippen MR) is 61.1 cm³/mol. The van der Waals surface area contributed by atoms with Crippen LogP contribution in [0.5, 0.6) is 0 Å². The zero-order chi connectivity index (χ0) is 10.2. The van der Waals surface area contributed by atoms with E-state index in [0.717, 1.165) is 39.0 Å². The molecule has 0 aromatic rings. The lowest BCUT2D eigenvalue weighted by Crippen LogP contribution is -2.49. The van der Waals surface area contributed by atoms with Crippen LogP contribution in [0.25, 0.3) is 0 Å². The predicted octanol–water partition coefficient (Wildman–Crippen LogP) is 1.86. The van der Waals surface area contributed by atoms with Gasteiger partial charge in [-0.05, 0) is 32.2 Å². The number of piperazine rings is 1. The third kappa shape index (κ3) is 2.75. The molecule has 2 atom stereocenters. The first-order chi connectivity index (χ1) is 6.58. The van der Waals surface area contributed by atoms with Gasteiger partial charge in [0.25, 0.3) is 0 Å². The fourth-order valence-corrected chi connectivity index (χ4v) is 2.73. The highest BCUT2D eigenvalue weighted by molar-refractivity contribution is 6.50. The molecule has 1 saturated heterocycles. The van der Waals surface area contributed by atoms with Gasteiger partial charge in [-0.15, -0.1) is 23.2 Å². The van der Waals surface area contributed by atoms with Crippen molar-refractivity contribution in [2.24, 2.45) is 5.92 Å². The largest absolute Gasteiger partial charge is 0.312 e. The normalized spacial score (nSPS) is 37.1. The lowest BCUT2D eigenvalue weighted by molar-refractivity contribution is 0.202. The second kappa shape index (κ2) is 4.17. The Bertz CT molecular complexity index is 208. The minimum atomic E-state index is -0.389. The van der Waals surface area contributed by atoms with Crippen LogP contribution in [0.3, 0.4) is 0 Å². The molecular formula is C10H18Cl2N2. The van der Waals surface area contributed by atoms with E-state index in [0.29, 0.717) is 12.0 Å². The number of alkyl halides is 2. The maximum absolute atomic E-state index is 5.99. The third-order valence-corrected chi connectivity index (χ3v) is 4.13. The summed E-state index contributed by atoms with van der Waals surface area (Å²) < 4.78 is -0.389. The van der Waals surface area contributed by atoms with Gasteiger partial charge in [0.1, 0.15) is 4.33 Å². The molecule has 0 radical (unpaired) electrons. The van der Waals surface area contributed by atoms with Crippen LogP contribution < -0.4 is 5.32 Å². The fourth-order valence-electron chi connectivity index (χ4n) is 2.14. The van der Waals surface area contributed by atoms with Crippen molar-refractivity contribution >= 4 is 23.2 Å². The molecular weight excluding hydrogens is 219 g/mol. The highest BCUT2D eigenvalue weighted by atomic mass is 35.5. The molecule has 1 unspecified atom stereocenters. The van der Waals surface area contributed by atoms with Crippen LogP contribution in [0, 0.1) is 5.92 Å². The third-order valence-electron chi connectivity index (χ3n) is 3.20. The topological polar surface area (TPSA) is 15.3 Å². The van der Waals surface area contributed by atoms with Crippen LogP contribution in [0.15, 0.2) is 0 Å². The van der Waals surface area contributed by atoms with E-state index in [1.165, 1.54) is 0 Å². The maximum atomic E-state index is 5.99. The van der Waals surface area contributed by atoms with Crippen molar-refractivity contribution in [1.29, 1.82) is 0 Å². The summed E-state index contributed by atoms with van der Waals surface area (Å²) in [6, 6.07) is 0.625. The summed E-state index contributed by atoms with van der Waals surface area (Å²) in [5.41, 5.74) is 0. The summed E-state index contributed by atoms with van der Waals surface area (Å²) in [4.78, 5) is 2.50. The summed E-state index contributed by atoms with van der Waals surface area (Å²) >= 11 is 12.0. The average molecular weight is 237 g/mol. The molecule has 0 bridgehead atoms. The summed E-state index contributed by atoms with van der Waals surface area (Å²) in [6.07, 6.45) is 2.14. The van der Waals surface area contributed by atoms with Crippen molar-refractivity contribution in [2.45, 2.75) is 30.1 Å². The molecule has 1 aliphatic heterocycles. The van der Waals surface area contributed by atoms with E-state index in [1.807, 2.05) is 0 Å². The molecule has 0 spiro atoms. The minimum absolute atomic E-state index is 0.389. The van der Waals surface area contributed by atoms with E-state index < -0.39 is 0 Å². The van der Waals surface area contributed by atoms with Crippen molar-refractivity contribution in [3.63, 3.8) is 0 Å². The summed E-state index contributed by atoms with van der Waals surface area (Å²) in [7, 11) is 0. The van der Waals surface area contributed by atoms with E-state index >= 15 is 0 Å². The van der Waals surface area contributed by atoms with Crippen molar-refractivity contribution in [1.82, 2.24) is 10.2 Å². The molecule has 1 saturated carbocycles. The Morgan fingerprint density at radius 3 is 2.79 bits per heavy atom. The average Bonchev–Trinajstić information content (AvgIpc) is 2.71. The van der Waals surface area contributed by atoms with Gasteiger partial charge in [0.05, 0.1) is 0 Å². The first-order valence-electron chi connectivity index (χ1n) is 5.41. The molecule has 1 aliphatic carbocycles. The van der Waals surface area contributed by atoms with Crippen LogP contribution >= 0.6 is 23.2 Å². The Morgan fingerprint density at radius 2 is 2.21 bits per heavy atom. The first kappa shape index (κ1) is 11.0. The zero-order valence-corrected chi connectivity index (χ0v) is 10.1. The van der Waals surface area contributed by atoms with Gasteiger partial charge >= 0.3 is 0 Å². The van der Waals surface area contributed by atoms with E-state index in [1.54, 1.807) is 0 Å². The van der Waals surface area contributed by atoms with Crippen LogP contribution in [-0.2, 0) is 0 Å². The maximum Gasteiger partial charge on any atom is 0.121 e. The Morgan fingerprint density at radius 1 is 1.50 bits per heavy atom. The van der Waals surface area contributed by atoms with Crippen LogP contribution in [0.2, 0.25) is 0 Å². The van der Waals surface area contributed by atoms with Crippen LogP contribution in [0.4, 0.5) is 0 Å². The zero-order valence-electron chi connectivity index (χ0n) is 8.60. The number of hydrogen-bond acceptors (Lipinski definition) is 2. The highest BCUT2D eigenvalue weighted by Gasteiger charge is 2.50. The van der Waals surface area contributed by atoms with Crippen molar-refractivity contribution in [3.05, 3.63) is 0 Å². The van der Waals surface area contributed by atoms with Gasteiger partial charge in [0, 0.05) is 25.7 Å². The Kier molecular flexibility index (Phi) is 3.27. The Labute approximate surface area is 95.9 Å². The Hall–Kier alpha value is 0.500. The molecule has 4 heteroatoms. The second-order valence-corrected chi connectivity index (χ2v) is 6.15. The number of nitrogens with one attached hydrogen (secondary N) is 1. The van der Waals surface area contributed by atoms with Crippen molar-refractivity contribution in [3.8, 4) is 0 Å². The smallest absolute Gasteiger partial charge is 0.121 e. The van der Waals surface area contributed by atoms with Gasteiger partial charge < -0.3 is 10.2 Å². The number of rotatable bonds is 3. The summed E-state index contributed by atoms with van der Waals surface area (Å²) in [6.45, 7) is 6.81. The highest BCUT2D eigenvalue weighted by Crippen LogP contribution is 2.54. The first-order valence-corrected chi connectivity index (χ1v) is 6.17. The Balaban J connectivity index is 1.66. The molecule has 2 fully saturated rings. The van der Waals surface area contributed by atoms with Gasteiger partial charge in [0.2, 0.25) is 0 Å². The van der Waals surface area contributed by atoms with E-state index in [4.69, 9.17) is 23.2 Å². The molecule has 2 nitrogen and oxygen atoms in total. The number of hydrogen-bond donors (Lipinski definition) is 1. The van der Waals surface area contributed by atoms with Gasteiger partial charge in [-0.1, -0.05) is 0 Å². The lowest BCUT2D eigenvalue weighted by atomic mass is 10.2. The van der Waals surface area contributed by atoms with E-state index in [-0.39, 0.29) is 4.33 Å². The molecule has 2 rings (SSSR count). The SMILES string of the molecule is C[C@H]1CN(CCC2CC2(Cl)Cl)CCN1. The van der Waals surface area contributed by atoms with Gasteiger partial charge in [0.15, 0.2) is 0 Å². The van der Waals surface area contributed by atoms with Crippen LogP contribution in [-0.4, -0.2) is 41.5 Å². The van der Waals surface area contributed by atoms with Crippen LogP contribution in [0.1, 0.15) is 19.8 Å².